The predicted octanol–water partition coefficient (Wildman–Crippen LogP) is -0.0714. The van der Waals surface area contributed by atoms with Crippen molar-refractivity contribution in [3.63, 3.8) is 0 Å². The highest BCUT2D eigenvalue weighted by Gasteiger charge is 2.19. The van der Waals surface area contributed by atoms with Gasteiger partial charge in [0, 0.05) is 19.8 Å². The van der Waals surface area contributed by atoms with Crippen molar-refractivity contribution < 1.29 is 4.79 Å². The molecular formula is C9H12N4O. The molecule has 0 saturated carbocycles. The van der Waals surface area contributed by atoms with Gasteiger partial charge in [0.05, 0.1) is 12.2 Å². The highest BCUT2D eigenvalue weighted by molar-refractivity contribution is 6.00. The highest BCUT2D eigenvalue weighted by atomic mass is 16.2. The molecule has 1 aliphatic rings. The number of likely N-dealkylation sites (N-methyl/N-ethyl adjacent to an activating group) is 1. The van der Waals surface area contributed by atoms with Crippen LogP contribution >= 0.6 is 0 Å². The fourth-order valence-electron chi connectivity index (χ4n) is 1.49. The van der Waals surface area contributed by atoms with Gasteiger partial charge < -0.3 is 16.0 Å². The summed E-state index contributed by atoms with van der Waals surface area (Å²) in [6, 6.07) is 1.86. The van der Waals surface area contributed by atoms with Gasteiger partial charge >= 0.3 is 0 Å². The number of nitrogens with one attached hydrogen (secondary N) is 1. The number of aromatic nitrogens is 1. The fraction of sp³-hybridized carbons (Fsp3) is 0.333. The van der Waals surface area contributed by atoms with Crippen molar-refractivity contribution in [3.05, 3.63) is 17.8 Å². The van der Waals surface area contributed by atoms with Crippen LogP contribution in [-0.2, 0) is 11.3 Å². The van der Waals surface area contributed by atoms with Crippen LogP contribution in [0.1, 0.15) is 5.56 Å². The Bertz CT molecular complexity index is 377. The van der Waals surface area contributed by atoms with Gasteiger partial charge in [-0.15, -0.1) is 0 Å². The van der Waals surface area contributed by atoms with E-state index in [1.807, 2.05) is 18.0 Å². The average molecular weight is 192 g/mol. The van der Waals surface area contributed by atoms with E-state index in [9.17, 15) is 4.79 Å². The van der Waals surface area contributed by atoms with Crippen molar-refractivity contribution in [1.29, 1.82) is 0 Å². The predicted molar refractivity (Wildman–Crippen MR) is 54.0 cm³/mol. The maximum Gasteiger partial charge on any atom is 0.244 e. The Morgan fingerprint density at radius 1 is 1.71 bits per heavy atom. The third-order valence-electron chi connectivity index (χ3n) is 2.18. The van der Waals surface area contributed by atoms with E-state index in [2.05, 4.69) is 10.3 Å². The Hall–Kier alpha value is -1.62. The van der Waals surface area contributed by atoms with E-state index in [-0.39, 0.29) is 5.91 Å². The first-order valence-electron chi connectivity index (χ1n) is 4.40. The molecule has 0 bridgehead atoms. The number of pyridine rings is 1. The van der Waals surface area contributed by atoms with Gasteiger partial charge in [-0.1, -0.05) is 0 Å². The molecule has 0 saturated heterocycles. The zero-order valence-electron chi connectivity index (χ0n) is 7.95. The van der Waals surface area contributed by atoms with Crippen molar-refractivity contribution in [2.45, 2.75) is 6.54 Å². The second-order valence-corrected chi connectivity index (χ2v) is 3.32. The summed E-state index contributed by atoms with van der Waals surface area (Å²) in [4.78, 5) is 17.3. The van der Waals surface area contributed by atoms with E-state index in [4.69, 9.17) is 5.73 Å². The fourth-order valence-corrected chi connectivity index (χ4v) is 1.49. The number of carbonyl (C=O) groups excluding carboxylic acids is 1. The van der Waals surface area contributed by atoms with Crippen LogP contribution in [0.25, 0.3) is 0 Å². The lowest BCUT2D eigenvalue weighted by Crippen LogP contribution is -2.36. The normalized spacial score (nSPS) is 15.0. The maximum absolute atomic E-state index is 11.2. The maximum atomic E-state index is 11.2. The Labute approximate surface area is 81.9 Å². The van der Waals surface area contributed by atoms with E-state index in [0.29, 0.717) is 13.1 Å². The average Bonchev–Trinajstić information content (AvgIpc) is 2.16. The van der Waals surface area contributed by atoms with Gasteiger partial charge in [0.25, 0.3) is 0 Å². The van der Waals surface area contributed by atoms with Crippen LogP contribution in [0.2, 0.25) is 0 Å². The number of hydrogen-bond donors (Lipinski definition) is 2. The van der Waals surface area contributed by atoms with Gasteiger partial charge in [-0.3, -0.25) is 4.79 Å². The van der Waals surface area contributed by atoms with Gasteiger partial charge in [0.2, 0.25) is 5.91 Å². The van der Waals surface area contributed by atoms with Crippen molar-refractivity contribution in [1.82, 2.24) is 4.98 Å². The first-order valence-corrected chi connectivity index (χ1v) is 4.40. The number of fused-ring (bicyclic) bond motifs is 1. The molecule has 5 nitrogen and oxygen atoms in total. The Morgan fingerprint density at radius 2 is 2.50 bits per heavy atom. The summed E-state index contributed by atoms with van der Waals surface area (Å²) in [6.07, 6.45) is 1.73. The minimum absolute atomic E-state index is 0.0176. The third kappa shape index (κ3) is 1.42. The summed E-state index contributed by atoms with van der Waals surface area (Å²) in [7, 11) is 1.84. The zero-order chi connectivity index (χ0) is 10.1. The number of carbonyl (C=O) groups is 1. The Morgan fingerprint density at radius 3 is 3.21 bits per heavy atom. The SMILES string of the molecule is CN1CC(=O)Nc2cc(CN)cnc21. The monoisotopic (exact) mass is 192 g/mol. The molecule has 14 heavy (non-hydrogen) atoms. The molecule has 2 rings (SSSR count). The lowest BCUT2D eigenvalue weighted by Gasteiger charge is -2.26. The number of amides is 1. The van der Waals surface area contributed by atoms with Crippen molar-refractivity contribution >= 4 is 17.4 Å². The van der Waals surface area contributed by atoms with E-state index in [1.54, 1.807) is 6.20 Å². The summed E-state index contributed by atoms with van der Waals surface area (Å²) in [6.45, 7) is 0.780. The number of nitrogens with zero attached hydrogens (tertiary/aromatic N) is 2. The standard InChI is InChI=1S/C9H12N4O/c1-13-5-8(14)12-7-2-6(3-10)4-11-9(7)13/h2,4H,3,5,10H2,1H3,(H,12,14). The number of nitrogens with two attached hydrogens (primary N) is 1. The zero-order valence-corrected chi connectivity index (χ0v) is 7.95. The Kier molecular flexibility index (Phi) is 2.09. The molecule has 0 unspecified atom stereocenters. The molecular weight excluding hydrogens is 180 g/mol. The van der Waals surface area contributed by atoms with Crippen LogP contribution in [0, 0.1) is 0 Å². The molecule has 1 aromatic rings. The molecule has 1 aromatic heterocycles. The minimum Gasteiger partial charge on any atom is -0.349 e. The molecule has 1 aliphatic heterocycles. The second-order valence-electron chi connectivity index (χ2n) is 3.32. The van der Waals surface area contributed by atoms with E-state index in [1.165, 1.54) is 0 Å². The Balaban J connectivity index is 2.43. The number of hydrogen-bond acceptors (Lipinski definition) is 4. The molecule has 0 aliphatic carbocycles. The van der Waals surface area contributed by atoms with Crippen LogP contribution < -0.4 is 16.0 Å². The summed E-state index contributed by atoms with van der Waals surface area (Å²) < 4.78 is 0. The van der Waals surface area contributed by atoms with Gasteiger partial charge in [0.1, 0.15) is 0 Å². The van der Waals surface area contributed by atoms with Crippen LogP contribution in [0.3, 0.4) is 0 Å². The first-order chi connectivity index (χ1) is 6.70. The summed E-state index contributed by atoms with van der Waals surface area (Å²) >= 11 is 0. The van der Waals surface area contributed by atoms with Crippen LogP contribution in [-0.4, -0.2) is 24.5 Å². The summed E-state index contributed by atoms with van der Waals surface area (Å²) in [5, 5.41) is 2.77. The van der Waals surface area contributed by atoms with E-state index >= 15 is 0 Å². The first kappa shape index (κ1) is 8.96. The lowest BCUT2D eigenvalue weighted by atomic mass is 10.2. The topological polar surface area (TPSA) is 71.2 Å². The molecule has 0 aromatic carbocycles. The molecule has 3 N–H and O–H groups in total. The van der Waals surface area contributed by atoms with Crippen LogP contribution in [0.5, 0.6) is 0 Å². The number of anilines is 2. The summed E-state index contributed by atoms with van der Waals surface area (Å²) in [5.74, 6) is 0.776. The van der Waals surface area contributed by atoms with E-state index < -0.39 is 0 Å². The smallest absolute Gasteiger partial charge is 0.244 e. The lowest BCUT2D eigenvalue weighted by molar-refractivity contribution is -0.115. The highest BCUT2D eigenvalue weighted by Crippen LogP contribution is 2.26. The largest absolute Gasteiger partial charge is 0.349 e. The molecule has 0 radical (unpaired) electrons. The molecule has 0 atom stereocenters. The van der Waals surface area contributed by atoms with Crippen molar-refractivity contribution in [3.8, 4) is 0 Å². The quantitative estimate of drug-likeness (QED) is 0.653. The van der Waals surface area contributed by atoms with Crippen LogP contribution in [0.15, 0.2) is 12.3 Å². The summed E-state index contributed by atoms with van der Waals surface area (Å²) in [5.41, 5.74) is 7.14. The third-order valence-corrected chi connectivity index (χ3v) is 2.18. The van der Waals surface area contributed by atoms with Gasteiger partial charge in [-0.25, -0.2) is 4.98 Å². The minimum atomic E-state index is -0.0176. The molecule has 1 amide bonds. The molecule has 74 valence electrons. The van der Waals surface area contributed by atoms with Crippen molar-refractivity contribution in [2.75, 3.05) is 23.8 Å². The second kappa shape index (κ2) is 3.26. The van der Waals surface area contributed by atoms with Crippen molar-refractivity contribution in [2.24, 2.45) is 5.73 Å². The number of rotatable bonds is 1. The molecule has 5 heteroatoms. The molecule has 0 fully saturated rings. The van der Waals surface area contributed by atoms with Gasteiger partial charge in [0.15, 0.2) is 5.82 Å². The van der Waals surface area contributed by atoms with Gasteiger partial charge in [-0.2, -0.15) is 0 Å². The molecule has 2 heterocycles. The van der Waals surface area contributed by atoms with E-state index in [0.717, 1.165) is 17.1 Å². The van der Waals surface area contributed by atoms with Gasteiger partial charge in [-0.05, 0) is 11.6 Å². The van der Waals surface area contributed by atoms with Crippen LogP contribution in [0.4, 0.5) is 11.5 Å². The molecule has 0 spiro atoms.